The summed E-state index contributed by atoms with van der Waals surface area (Å²) in [6.45, 7) is 4.59. The predicted molar refractivity (Wildman–Crippen MR) is 83.0 cm³/mol. The highest BCUT2D eigenvalue weighted by atomic mass is 16.5. The number of piperidine rings is 1. The van der Waals surface area contributed by atoms with Gasteiger partial charge in [-0.2, -0.15) is 0 Å². The number of rotatable bonds is 5. The lowest BCUT2D eigenvalue weighted by molar-refractivity contribution is -0.137. The quantitative estimate of drug-likeness (QED) is 0.815. The first-order valence-corrected chi connectivity index (χ1v) is 8.65. The first-order chi connectivity index (χ1) is 10.1. The van der Waals surface area contributed by atoms with Crippen LogP contribution in [0.4, 0.5) is 0 Å². The van der Waals surface area contributed by atoms with Gasteiger partial charge in [0, 0.05) is 13.2 Å². The van der Waals surface area contributed by atoms with Crippen LogP contribution in [0.25, 0.3) is 0 Å². The molecule has 4 heteroatoms. The SMILES string of the molecule is COCC1(C(=O)NC(C)C2CC3CCC2C3)CCNCC1. The summed E-state index contributed by atoms with van der Waals surface area (Å²) in [6.07, 6.45) is 7.29. The molecule has 4 atom stereocenters. The minimum absolute atomic E-state index is 0.223. The summed E-state index contributed by atoms with van der Waals surface area (Å²) in [5.41, 5.74) is -0.314. The first kappa shape index (κ1) is 15.3. The Morgan fingerprint density at radius 1 is 1.33 bits per heavy atom. The largest absolute Gasteiger partial charge is 0.384 e. The van der Waals surface area contributed by atoms with E-state index in [-0.39, 0.29) is 11.3 Å². The van der Waals surface area contributed by atoms with Crippen molar-refractivity contribution in [1.29, 1.82) is 0 Å². The Morgan fingerprint density at radius 3 is 2.67 bits per heavy atom. The Hall–Kier alpha value is -0.610. The molecule has 21 heavy (non-hydrogen) atoms. The highest BCUT2D eigenvalue weighted by Crippen LogP contribution is 2.49. The third-order valence-electron chi connectivity index (χ3n) is 6.26. The van der Waals surface area contributed by atoms with Gasteiger partial charge in [-0.3, -0.25) is 4.79 Å². The number of ether oxygens (including phenoxy) is 1. The van der Waals surface area contributed by atoms with Gasteiger partial charge in [-0.1, -0.05) is 6.42 Å². The number of methoxy groups -OCH3 is 1. The molecule has 2 bridgehead atoms. The van der Waals surface area contributed by atoms with Crippen molar-refractivity contribution in [2.45, 2.75) is 51.5 Å². The van der Waals surface area contributed by atoms with Gasteiger partial charge in [0.1, 0.15) is 0 Å². The maximum absolute atomic E-state index is 12.9. The second kappa shape index (κ2) is 6.25. The smallest absolute Gasteiger partial charge is 0.228 e. The molecule has 0 aromatic rings. The van der Waals surface area contributed by atoms with Crippen LogP contribution in [0.5, 0.6) is 0 Å². The van der Waals surface area contributed by atoms with E-state index < -0.39 is 0 Å². The molecule has 0 aromatic heterocycles. The van der Waals surface area contributed by atoms with Crippen molar-refractivity contribution in [3.8, 4) is 0 Å². The minimum Gasteiger partial charge on any atom is -0.384 e. The van der Waals surface area contributed by atoms with Crippen molar-refractivity contribution in [3.05, 3.63) is 0 Å². The zero-order valence-corrected chi connectivity index (χ0v) is 13.5. The number of fused-ring (bicyclic) bond motifs is 2. The summed E-state index contributed by atoms with van der Waals surface area (Å²) in [5.74, 6) is 2.72. The van der Waals surface area contributed by atoms with Crippen molar-refractivity contribution >= 4 is 5.91 Å². The highest BCUT2D eigenvalue weighted by molar-refractivity contribution is 5.83. The van der Waals surface area contributed by atoms with Gasteiger partial charge < -0.3 is 15.4 Å². The molecule has 1 heterocycles. The van der Waals surface area contributed by atoms with E-state index in [1.807, 2.05) is 0 Å². The Labute approximate surface area is 128 Å². The van der Waals surface area contributed by atoms with Crippen LogP contribution in [-0.2, 0) is 9.53 Å². The lowest BCUT2D eigenvalue weighted by atomic mass is 9.77. The van der Waals surface area contributed by atoms with Gasteiger partial charge in [0.15, 0.2) is 0 Å². The van der Waals surface area contributed by atoms with Crippen molar-refractivity contribution in [2.75, 3.05) is 26.8 Å². The topological polar surface area (TPSA) is 50.4 Å². The number of nitrogens with one attached hydrogen (secondary N) is 2. The van der Waals surface area contributed by atoms with Crippen LogP contribution in [0.3, 0.4) is 0 Å². The molecule has 2 aliphatic carbocycles. The molecule has 3 rings (SSSR count). The molecule has 0 radical (unpaired) electrons. The van der Waals surface area contributed by atoms with Crippen LogP contribution >= 0.6 is 0 Å². The molecule has 120 valence electrons. The summed E-state index contributed by atoms with van der Waals surface area (Å²) in [5, 5.41) is 6.70. The number of carbonyl (C=O) groups excluding carboxylic acids is 1. The zero-order chi connectivity index (χ0) is 14.9. The van der Waals surface area contributed by atoms with Gasteiger partial charge in [-0.15, -0.1) is 0 Å². The molecule has 1 aliphatic heterocycles. The van der Waals surface area contributed by atoms with Crippen LogP contribution in [0.2, 0.25) is 0 Å². The molecule has 0 aromatic carbocycles. The highest BCUT2D eigenvalue weighted by Gasteiger charge is 2.44. The fourth-order valence-electron chi connectivity index (χ4n) is 4.99. The van der Waals surface area contributed by atoms with Crippen molar-refractivity contribution < 1.29 is 9.53 Å². The van der Waals surface area contributed by atoms with E-state index in [4.69, 9.17) is 4.74 Å². The molecule has 2 saturated carbocycles. The number of carbonyl (C=O) groups is 1. The fourth-order valence-corrected chi connectivity index (χ4v) is 4.99. The second-order valence-corrected chi connectivity index (χ2v) is 7.56. The molecule has 0 spiro atoms. The monoisotopic (exact) mass is 294 g/mol. The molecule has 1 saturated heterocycles. The second-order valence-electron chi connectivity index (χ2n) is 7.56. The van der Waals surface area contributed by atoms with Crippen molar-refractivity contribution in [2.24, 2.45) is 23.2 Å². The Bertz CT molecular complexity index is 373. The molecule has 2 N–H and O–H groups in total. The maximum Gasteiger partial charge on any atom is 0.228 e. The maximum atomic E-state index is 12.9. The molecule has 3 fully saturated rings. The van der Waals surface area contributed by atoms with E-state index in [0.29, 0.717) is 18.6 Å². The Kier molecular flexibility index (Phi) is 4.55. The van der Waals surface area contributed by atoms with E-state index in [0.717, 1.165) is 37.8 Å². The van der Waals surface area contributed by atoms with Crippen molar-refractivity contribution in [3.63, 3.8) is 0 Å². The van der Waals surface area contributed by atoms with Gasteiger partial charge in [-0.05, 0) is 69.9 Å². The van der Waals surface area contributed by atoms with Crippen LogP contribution in [0.1, 0.15) is 45.4 Å². The lowest BCUT2D eigenvalue weighted by Crippen LogP contribution is -2.53. The molecule has 4 nitrogen and oxygen atoms in total. The third kappa shape index (κ3) is 2.98. The predicted octanol–water partition coefficient (Wildman–Crippen LogP) is 1.94. The van der Waals surface area contributed by atoms with Crippen LogP contribution < -0.4 is 10.6 Å². The summed E-state index contributed by atoms with van der Waals surface area (Å²) in [6, 6.07) is 0.316. The number of hydrogen-bond donors (Lipinski definition) is 2. The normalized spacial score (nSPS) is 35.6. The van der Waals surface area contributed by atoms with E-state index in [1.54, 1.807) is 7.11 Å². The summed E-state index contributed by atoms with van der Waals surface area (Å²) in [4.78, 5) is 12.9. The lowest BCUT2D eigenvalue weighted by Gasteiger charge is -2.38. The Morgan fingerprint density at radius 2 is 2.10 bits per heavy atom. The first-order valence-electron chi connectivity index (χ1n) is 8.65. The molecule has 3 aliphatic rings. The molecule has 1 amide bonds. The fraction of sp³-hybridized carbons (Fsp3) is 0.941. The van der Waals surface area contributed by atoms with Gasteiger partial charge in [-0.25, -0.2) is 0 Å². The third-order valence-corrected chi connectivity index (χ3v) is 6.26. The van der Waals surface area contributed by atoms with Crippen molar-refractivity contribution in [1.82, 2.24) is 10.6 Å². The average Bonchev–Trinajstić information content (AvgIpc) is 3.11. The van der Waals surface area contributed by atoms with Gasteiger partial charge in [0.2, 0.25) is 5.91 Å². The van der Waals surface area contributed by atoms with E-state index in [1.165, 1.54) is 25.7 Å². The van der Waals surface area contributed by atoms with E-state index >= 15 is 0 Å². The van der Waals surface area contributed by atoms with Gasteiger partial charge in [0.25, 0.3) is 0 Å². The van der Waals surface area contributed by atoms with E-state index in [2.05, 4.69) is 17.6 Å². The van der Waals surface area contributed by atoms with Crippen LogP contribution in [0.15, 0.2) is 0 Å². The standard InChI is InChI=1S/C17H30N2O2/c1-12(15-10-13-3-4-14(15)9-13)19-16(20)17(11-21-2)5-7-18-8-6-17/h12-15,18H,3-11H2,1-2H3,(H,19,20). The number of amides is 1. The summed E-state index contributed by atoms with van der Waals surface area (Å²) < 4.78 is 5.37. The summed E-state index contributed by atoms with van der Waals surface area (Å²) in [7, 11) is 1.70. The number of hydrogen-bond acceptors (Lipinski definition) is 3. The molecular formula is C17H30N2O2. The van der Waals surface area contributed by atoms with Gasteiger partial charge in [0.05, 0.1) is 12.0 Å². The molecule has 4 unspecified atom stereocenters. The average molecular weight is 294 g/mol. The summed E-state index contributed by atoms with van der Waals surface area (Å²) >= 11 is 0. The van der Waals surface area contributed by atoms with Crippen LogP contribution in [-0.4, -0.2) is 38.8 Å². The van der Waals surface area contributed by atoms with E-state index in [9.17, 15) is 4.79 Å². The Balaban J connectivity index is 1.61. The molecular weight excluding hydrogens is 264 g/mol. The minimum atomic E-state index is -0.314. The zero-order valence-electron chi connectivity index (χ0n) is 13.5. The van der Waals surface area contributed by atoms with Crippen LogP contribution in [0, 0.1) is 23.2 Å². The van der Waals surface area contributed by atoms with Gasteiger partial charge >= 0.3 is 0 Å².